The SMILES string of the molecule is COc1cccc(N(C(=O)c2snc(C(N)=O)c2N)[C@H](C)C(=O)NCc2ccc(F)cc2)c1. The third kappa shape index (κ3) is 5.26. The highest BCUT2D eigenvalue weighted by molar-refractivity contribution is 7.09. The van der Waals surface area contributed by atoms with E-state index in [-0.39, 0.29) is 28.6 Å². The van der Waals surface area contributed by atoms with Gasteiger partial charge >= 0.3 is 0 Å². The molecule has 3 rings (SSSR count). The maximum absolute atomic E-state index is 13.5. The molecule has 2 aromatic carbocycles. The van der Waals surface area contributed by atoms with Gasteiger partial charge in [-0.05, 0) is 48.3 Å². The second-order valence-corrected chi connectivity index (χ2v) is 7.81. The van der Waals surface area contributed by atoms with Gasteiger partial charge in [-0.2, -0.15) is 4.37 Å². The predicted octanol–water partition coefficient (Wildman–Crippen LogP) is 2.32. The van der Waals surface area contributed by atoms with E-state index >= 15 is 0 Å². The predicted molar refractivity (Wildman–Crippen MR) is 123 cm³/mol. The lowest BCUT2D eigenvalue weighted by Gasteiger charge is -2.28. The molecular formula is C22H22FN5O4S. The number of methoxy groups -OCH3 is 1. The van der Waals surface area contributed by atoms with Crippen molar-refractivity contribution in [3.63, 3.8) is 0 Å². The number of anilines is 2. The first-order chi connectivity index (χ1) is 15.7. The Balaban J connectivity index is 1.92. The third-order valence-electron chi connectivity index (χ3n) is 4.85. The van der Waals surface area contributed by atoms with Gasteiger partial charge in [0.25, 0.3) is 11.8 Å². The van der Waals surface area contributed by atoms with Crippen LogP contribution in [0.2, 0.25) is 0 Å². The molecule has 172 valence electrons. The number of nitrogens with one attached hydrogen (secondary N) is 1. The summed E-state index contributed by atoms with van der Waals surface area (Å²) in [5.74, 6) is -1.87. The van der Waals surface area contributed by atoms with E-state index in [4.69, 9.17) is 16.2 Å². The van der Waals surface area contributed by atoms with Crippen LogP contribution in [-0.4, -0.2) is 35.2 Å². The number of carbonyl (C=O) groups is 3. The van der Waals surface area contributed by atoms with E-state index in [2.05, 4.69) is 9.69 Å². The van der Waals surface area contributed by atoms with Crippen LogP contribution >= 0.6 is 11.5 Å². The number of primary amides is 1. The van der Waals surface area contributed by atoms with Crippen LogP contribution in [0.3, 0.4) is 0 Å². The number of aromatic nitrogens is 1. The lowest BCUT2D eigenvalue weighted by atomic mass is 10.1. The summed E-state index contributed by atoms with van der Waals surface area (Å²) < 4.78 is 22.2. The van der Waals surface area contributed by atoms with Crippen molar-refractivity contribution in [2.45, 2.75) is 19.5 Å². The van der Waals surface area contributed by atoms with Crippen molar-refractivity contribution in [3.05, 3.63) is 70.5 Å². The smallest absolute Gasteiger partial charge is 0.272 e. The molecule has 0 spiro atoms. The quantitative estimate of drug-likeness (QED) is 0.461. The molecule has 3 amide bonds. The van der Waals surface area contributed by atoms with E-state index in [0.717, 1.165) is 11.5 Å². The van der Waals surface area contributed by atoms with Crippen LogP contribution in [0.25, 0.3) is 0 Å². The van der Waals surface area contributed by atoms with E-state index in [1.165, 1.54) is 24.1 Å². The number of benzene rings is 2. The molecule has 9 nitrogen and oxygen atoms in total. The molecule has 1 aromatic heterocycles. The molecule has 0 aliphatic carbocycles. The molecule has 11 heteroatoms. The van der Waals surface area contributed by atoms with Gasteiger partial charge in [-0.25, -0.2) is 4.39 Å². The molecule has 0 radical (unpaired) electrons. The van der Waals surface area contributed by atoms with Crippen LogP contribution in [-0.2, 0) is 11.3 Å². The number of hydrogen-bond donors (Lipinski definition) is 3. The Kier molecular flexibility index (Phi) is 7.23. The van der Waals surface area contributed by atoms with Crippen LogP contribution in [0, 0.1) is 5.82 Å². The van der Waals surface area contributed by atoms with E-state index in [0.29, 0.717) is 17.0 Å². The molecule has 0 saturated heterocycles. The van der Waals surface area contributed by atoms with Crippen molar-refractivity contribution >= 4 is 40.6 Å². The molecule has 0 unspecified atom stereocenters. The molecule has 1 atom stereocenters. The van der Waals surface area contributed by atoms with Gasteiger partial charge in [0.2, 0.25) is 5.91 Å². The number of hydrogen-bond acceptors (Lipinski definition) is 7. The maximum atomic E-state index is 13.5. The summed E-state index contributed by atoms with van der Waals surface area (Å²) in [4.78, 5) is 39.2. The Morgan fingerprint density at radius 1 is 1.21 bits per heavy atom. The minimum absolute atomic E-state index is 0.0233. The van der Waals surface area contributed by atoms with Gasteiger partial charge in [0.1, 0.15) is 22.5 Å². The Morgan fingerprint density at radius 3 is 2.52 bits per heavy atom. The van der Waals surface area contributed by atoms with Crippen LogP contribution in [0.4, 0.5) is 15.8 Å². The van der Waals surface area contributed by atoms with Crippen LogP contribution in [0.15, 0.2) is 48.5 Å². The van der Waals surface area contributed by atoms with Crippen LogP contribution < -0.4 is 26.4 Å². The molecular weight excluding hydrogens is 449 g/mol. The van der Waals surface area contributed by atoms with Gasteiger partial charge < -0.3 is 21.5 Å². The minimum atomic E-state index is -0.983. The number of amides is 3. The summed E-state index contributed by atoms with van der Waals surface area (Å²) >= 11 is 0.721. The van der Waals surface area contributed by atoms with Gasteiger partial charge in [0.05, 0.1) is 12.8 Å². The Hall–Kier alpha value is -3.99. The fraction of sp³-hybridized carbons (Fsp3) is 0.182. The van der Waals surface area contributed by atoms with Crippen molar-refractivity contribution < 1.29 is 23.5 Å². The molecule has 3 aromatic rings. The second kappa shape index (κ2) is 10.1. The Labute approximate surface area is 193 Å². The topological polar surface area (TPSA) is 141 Å². The highest BCUT2D eigenvalue weighted by Crippen LogP contribution is 2.29. The Morgan fingerprint density at radius 2 is 1.91 bits per heavy atom. The first-order valence-electron chi connectivity index (χ1n) is 9.77. The molecule has 33 heavy (non-hydrogen) atoms. The normalized spacial score (nSPS) is 11.5. The van der Waals surface area contributed by atoms with Crippen molar-refractivity contribution in [1.82, 2.24) is 9.69 Å². The molecule has 0 saturated carbocycles. The zero-order valence-electron chi connectivity index (χ0n) is 17.9. The van der Waals surface area contributed by atoms with E-state index in [1.54, 1.807) is 43.3 Å². The monoisotopic (exact) mass is 471 g/mol. The second-order valence-electron chi connectivity index (χ2n) is 7.04. The highest BCUT2D eigenvalue weighted by Gasteiger charge is 2.32. The largest absolute Gasteiger partial charge is 0.497 e. The van der Waals surface area contributed by atoms with Crippen LogP contribution in [0.5, 0.6) is 5.75 Å². The average Bonchev–Trinajstić information content (AvgIpc) is 3.20. The number of carbonyl (C=O) groups excluding carboxylic acids is 3. The summed E-state index contributed by atoms with van der Waals surface area (Å²) in [6.45, 7) is 1.68. The zero-order valence-corrected chi connectivity index (χ0v) is 18.7. The minimum Gasteiger partial charge on any atom is -0.497 e. The van der Waals surface area contributed by atoms with Crippen molar-refractivity contribution in [2.75, 3.05) is 17.7 Å². The lowest BCUT2D eigenvalue weighted by Crippen LogP contribution is -2.48. The number of halogens is 1. The molecule has 0 aliphatic rings. The van der Waals surface area contributed by atoms with Gasteiger partial charge in [-0.3, -0.25) is 19.3 Å². The highest BCUT2D eigenvalue weighted by atomic mass is 32.1. The van der Waals surface area contributed by atoms with Gasteiger partial charge in [0, 0.05) is 18.3 Å². The molecule has 1 heterocycles. The summed E-state index contributed by atoms with van der Waals surface area (Å²) in [5.41, 5.74) is 11.9. The zero-order chi connectivity index (χ0) is 24.1. The summed E-state index contributed by atoms with van der Waals surface area (Å²) in [6, 6.07) is 11.3. The maximum Gasteiger partial charge on any atom is 0.272 e. The fourth-order valence-electron chi connectivity index (χ4n) is 3.07. The van der Waals surface area contributed by atoms with Crippen molar-refractivity contribution in [2.24, 2.45) is 5.73 Å². The number of ether oxygens (including phenoxy) is 1. The van der Waals surface area contributed by atoms with Crippen LogP contribution in [0.1, 0.15) is 32.6 Å². The summed E-state index contributed by atoms with van der Waals surface area (Å²) in [6.07, 6.45) is 0. The van der Waals surface area contributed by atoms with Gasteiger partial charge in [0.15, 0.2) is 5.69 Å². The number of nitrogen functional groups attached to an aromatic ring is 1. The summed E-state index contributed by atoms with van der Waals surface area (Å²) in [7, 11) is 1.48. The average molecular weight is 472 g/mol. The third-order valence-corrected chi connectivity index (χ3v) is 5.70. The van der Waals surface area contributed by atoms with E-state index < -0.39 is 23.8 Å². The van der Waals surface area contributed by atoms with Gasteiger partial charge in [-0.15, -0.1) is 0 Å². The fourth-order valence-corrected chi connectivity index (χ4v) is 3.81. The van der Waals surface area contributed by atoms with Gasteiger partial charge in [-0.1, -0.05) is 18.2 Å². The number of rotatable bonds is 8. The molecule has 0 bridgehead atoms. The molecule has 0 fully saturated rings. The molecule has 5 N–H and O–H groups in total. The van der Waals surface area contributed by atoms with E-state index in [9.17, 15) is 18.8 Å². The standard InChI is InChI=1S/C22H22FN5O4S/c1-12(21(30)26-11-13-6-8-14(23)9-7-13)28(15-4-3-5-16(10-15)32-2)22(31)19-17(24)18(20(25)29)27-33-19/h3-10,12H,11,24H2,1-2H3,(H2,25,29)(H,26,30)/t12-/m1/s1. The number of nitrogens with zero attached hydrogens (tertiary/aromatic N) is 2. The lowest BCUT2D eigenvalue weighted by molar-refractivity contribution is -0.122. The summed E-state index contributed by atoms with van der Waals surface area (Å²) in [5, 5.41) is 2.74. The molecule has 0 aliphatic heterocycles. The number of nitrogens with two attached hydrogens (primary N) is 2. The van der Waals surface area contributed by atoms with Crippen molar-refractivity contribution in [3.8, 4) is 5.75 Å². The first-order valence-corrected chi connectivity index (χ1v) is 10.5. The first kappa shape index (κ1) is 23.7. The Bertz CT molecular complexity index is 1180. The van der Waals surface area contributed by atoms with Crippen molar-refractivity contribution in [1.29, 1.82) is 0 Å². The van der Waals surface area contributed by atoms with E-state index in [1.807, 2.05) is 0 Å².